The van der Waals surface area contributed by atoms with E-state index in [9.17, 15) is 0 Å². The lowest BCUT2D eigenvalue weighted by Crippen LogP contribution is -2.29. The molecule has 78 valence electrons. The van der Waals surface area contributed by atoms with Crippen LogP contribution < -0.4 is 10.6 Å². The minimum Gasteiger partial charge on any atom is -0.348 e. The Balaban J connectivity index is 2.00. The summed E-state index contributed by atoms with van der Waals surface area (Å²) in [5, 5.41) is 1.19. The van der Waals surface area contributed by atoms with Crippen molar-refractivity contribution in [3.63, 3.8) is 0 Å². The highest BCUT2D eigenvalue weighted by Gasteiger charge is 2.13. The molecule has 2 N–H and O–H groups in total. The summed E-state index contributed by atoms with van der Waals surface area (Å²) in [5.74, 6) is 0. The van der Waals surface area contributed by atoms with Gasteiger partial charge in [-0.2, -0.15) is 0 Å². The Morgan fingerprint density at radius 3 is 2.86 bits per heavy atom. The predicted octanol–water partition coefficient (Wildman–Crippen LogP) is 1.63. The summed E-state index contributed by atoms with van der Waals surface area (Å²) in [4.78, 5) is 8.16. The molecule has 0 saturated carbocycles. The van der Waals surface area contributed by atoms with Crippen molar-refractivity contribution in [3.8, 4) is 0 Å². The average Bonchev–Trinajstić information content (AvgIpc) is 2.68. The maximum Gasteiger partial charge on any atom is 0.185 e. The van der Waals surface area contributed by atoms with E-state index >= 15 is 0 Å². The Morgan fingerprint density at radius 1 is 1.36 bits per heavy atom. The third kappa shape index (κ3) is 2.25. The van der Waals surface area contributed by atoms with E-state index < -0.39 is 0 Å². The molecule has 1 aliphatic heterocycles. The van der Waals surface area contributed by atoms with Crippen molar-refractivity contribution < 1.29 is 0 Å². The maximum absolute atomic E-state index is 5.51. The standard InChI is InChI=1S/C10H17N3S/c11-5-4-9-8-12-10(14-9)13-6-2-1-3-7-13/h8H,1-7,11H2. The van der Waals surface area contributed by atoms with Gasteiger partial charge in [0.15, 0.2) is 5.13 Å². The third-order valence-electron chi connectivity index (χ3n) is 2.56. The van der Waals surface area contributed by atoms with Gasteiger partial charge in [0.2, 0.25) is 0 Å². The molecule has 1 aromatic rings. The Hall–Kier alpha value is -0.610. The minimum atomic E-state index is 0.724. The lowest BCUT2D eigenvalue weighted by Gasteiger charge is -2.25. The molecule has 14 heavy (non-hydrogen) atoms. The maximum atomic E-state index is 5.51. The number of nitrogens with two attached hydrogens (primary N) is 1. The summed E-state index contributed by atoms with van der Waals surface area (Å²) in [5.41, 5.74) is 5.51. The summed E-state index contributed by atoms with van der Waals surface area (Å²) in [6.45, 7) is 3.08. The summed E-state index contributed by atoms with van der Waals surface area (Å²) >= 11 is 1.80. The zero-order valence-corrected chi connectivity index (χ0v) is 9.22. The highest BCUT2D eigenvalue weighted by molar-refractivity contribution is 7.15. The van der Waals surface area contributed by atoms with Crippen molar-refractivity contribution in [2.24, 2.45) is 5.73 Å². The highest BCUT2D eigenvalue weighted by atomic mass is 32.1. The van der Waals surface area contributed by atoms with Crippen LogP contribution in [0.25, 0.3) is 0 Å². The van der Waals surface area contributed by atoms with E-state index in [2.05, 4.69) is 9.88 Å². The lowest BCUT2D eigenvalue weighted by molar-refractivity contribution is 0.577. The van der Waals surface area contributed by atoms with Crippen LogP contribution in [0.5, 0.6) is 0 Å². The molecule has 3 nitrogen and oxygen atoms in total. The van der Waals surface area contributed by atoms with Gasteiger partial charge in [0.05, 0.1) is 0 Å². The van der Waals surface area contributed by atoms with Gasteiger partial charge in [-0.05, 0) is 32.2 Å². The average molecular weight is 211 g/mol. The number of hydrogen-bond acceptors (Lipinski definition) is 4. The number of thiazole rings is 1. The van der Waals surface area contributed by atoms with Gasteiger partial charge >= 0.3 is 0 Å². The lowest BCUT2D eigenvalue weighted by atomic mass is 10.1. The second-order valence-electron chi connectivity index (χ2n) is 3.70. The molecular formula is C10H17N3S. The number of anilines is 1. The minimum absolute atomic E-state index is 0.724. The zero-order chi connectivity index (χ0) is 9.80. The molecule has 0 radical (unpaired) electrons. The molecular weight excluding hydrogens is 194 g/mol. The normalized spacial score (nSPS) is 17.4. The van der Waals surface area contributed by atoms with Gasteiger partial charge in [0.1, 0.15) is 0 Å². The predicted molar refractivity (Wildman–Crippen MR) is 60.9 cm³/mol. The zero-order valence-electron chi connectivity index (χ0n) is 8.41. The smallest absolute Gasteiger partial charge is 0.185 e. The molecule has 0 unspecified atom stereocenters. The van der Waals surface area contributed by atoms with Crippen LogP contribution >= 0.6 is 11.3 Å². The fraction of sp³-hybridized carbons (Fsp3) is 0.700. The van der Waals surface area contributed by atoms with Crippen molar-refractivity contribution in [2.75, 3.05) is 24.5 Å². The van der Waals surface area contributed by atoms with Crippen molar-refractivity contribution in [2.45, 2.75) is 25.7 Å². The summed E-state index contributed by atoms with van der Waals surface area (Å²) in [7, 11) is 0. The molecule has 0 aromatic carbocycles. The first kappa shape index (κ1) is 9.93. The Morgan fingerprint density at radius 2 is 2.14 bits per heavy atom. The Bertz CT molecular complexity index is 279. The summed E-state index contributed by atoms with van der Waals surface area (Å²) in [6, 6.07) is 0. The van der Waals surface area contributed by atoms with Crippen LogP contribution in [0.2, 0.25) is 0 Å². The SMILES string of the molecule is NCCc1cnc(N2CCCCC2)s1. The van der Waals surface area contributed by atoms with Crippen LogP contribution in [-0.2, 0) is 6.42 Å². The van der Waals surface area contributed by atoms with Crippen molar-refractivity contribution in [1.29, 1.82) is 0 Å². The van der Waals surface area contributed by atoms with Crippen LogP contribution in [0.1, 0.15) is 24.1 Å². The first-order chi connectivity index (χ1) is 6.90. The van der Waals surface area contributed by atoms with Gasteiger partial charge in [-0.15, -0.1) is 11.3 Å². The molecule has 1 fully saturated rings. The fourth-order valence-electron chi connectivity index (χ4n) is 1.79. The largest absolute Gasteiger partial charge is 0.348 e. The number of hydrogen-bond donors (Lipinski definition) is 1. The van der Waals surface area contributed by atoms with Crippen molar-refractivity contribution in [3.05, 3.63) is 11.1 Å². The van der Waals surface area contributed by atoms with Crippen LogP contribution in [0.3, 0.4) is 0 Å². The fourth-order valence-corrected chi connectivity index (χ4v) is 2.76. The molecule has 2 rings (SSSR count). The van der Waals surface area contributed by atoms with Crippen molar-refractivity contribution in [1.82, 2.24) is 4.98 Å². The second kappa shape index (κ2) is 4.75. The van der Waals surface area contributed by atoms with E-state index in [1.54, 1.807) is 11.3 Å². The summed E-state index contributed by atoms with van der Waals surface area (Å²) < 4.78 is 0. The topological polar surface area (TPSA) is 42.1 Å². The number of aromatic nitrogens is 1. The van der Waals surface area contributed by atoms with E-state index in [4.69, 9.17) is 5.73 Å². The van der Waals surface area contributed by atoms with E-state index in [0.717, 1.165) is 13.0 Å². The molecule has 0 aliphatic carbocycles. The van der Waals surface area contributed by atoms with Crippen LogP contribution in [0, 0.1) is 0 Å². The van der Waals surface area contributed by atoms with E-state index in [0.29, 0.717) is 0 Å². The molecule has 1 aliphatic rings. The van der Waals surface area contributed by atoms with Gasteiger partial charge in [-0.25, -0.2) is 4.98 Å². The third-order valence-corrected chi connectivity index (χ3v) is 3.68. The monoisotopic (exact) mass is 211 g/mol. The van der Waals surface area contributed by atoms with Crippen LogP contribution in [0.15, 0.2) is 6.20 Å². The van der Waals surface area contributed by atoms with Crippen molar-refractivity contribution >= 4 is 16.5 Å². The molecule has 0 bridgehead atoms. The number of nitrogens with zero attached hydrogens (tertiary/aromatic N) is 2. The van der Waals surface area contributed by atoms with Gasteiger partial charge in [0.25, 0.3) is 0 Å². The van der Waals surface area contributed by atoms with E-state index in [1.807, 2.05) is 6.20 Å². The van der Waals surface area contributed by atoms with Gasteiger partial charge in [-0.1, -0.05) is 0 Å². The first-order valence-electron chi connectivity index (χ1n) is 5.30. The quantitative estimate of drug-likeness (QED) is 0.826. The molecule has 1 aromatic heterocycles. The van der Waals surface area contributed by atoms with Crippen LogP contribution in [0.4, 0.5) is 5.13 Å². The molecule has 0 amide bonds. The number of piperidine rings is 1. The van der Waals surface area contributed by atoms with Gasteiger partial charge in [0, 0.05) is 24.2 Å². The second-order valence-corrected chi connectivity index (χ2v) is 4.79. The van der Waals surface area contributed by atoms with E-state index in [1.165, 1.54) is 42.4 Å². The molecule has 0 atom stereocenters. The Labute approximate surface area is 88.9 Å². The summed E-state index contributed by atoms with van der Waals surface area (Å²) in [6.07, 6.45) is 6.93. The molecule has 4 heteroatoms. The van der Waals surface area contributed by atoms with Gasteiger partial charge in [-0.3, -0.25) is 0 Å². The van der Waals surface area contributed by atoms with Crippen LogP contribution in [-0.4, -0.2) is 24.6 Å². The molecule has 2 heterocycles. The van der Waals surface area contributed by atoms with E-state index in [-0.39, 0.29) is 0 Å². The van der Waals surface area contributed by atoms with Gasteiger partial charge < -0.3 is 10.6 Å². The highest BCUT2D eigenvalue weighted by Crippen LogP contribution is 2.25. The Kier molecular flexibility index (Phi) is 3.37. The first-order valence-corrected chi connectivity index (χ1v) is 6.11. The molecule has 1 saturated heterocycles. The number of rotatable bonds is 3. The molecule has 0 spiro atoms.